The van der Waals surface area contributed by atoms with Crippen LogP contribution in [0.3, 0.4) is 0 Å². The van der Waals surface area contributed by atoms with Crippen molar-refractivity contribution in [2.45, 2.75) is 79.1 Å². The summed E-state index contributed by atoms with van der Waals surface area (Å²) in [5.41, 5.74) is 0. The van der Waals surface area contributed by atoms with E-state index in [1.54, 1.807) is 13.8 Å². The topological polar surface area (TPSA) is 147 Å². The number of nitrogens with one attached hydrogen (secondary N) is 2. The first-order valence-electron chi connectivity index (χ1n) is 12.4. The van der Waals surface area contributed by atoms with Crippen LogP contribution in [-0.2, 0) is 33.6 Å². The van der Waals surface area contributed by atoms with Crippen molar-refractivity contribution in [3.8, 4) is 0 Å². The van der Waals surface area contributed by atoms with Crippen LogP contribution in [0.15, 0.2) is 0 Å². The lowest BCUT2D eigenvalue weighted by Gasteiger charge is -2.16. The molecule has 4 amide bonds. The van der Waals surface area contributed by atoms with E-state index in [0.717, 1.165) is 0 Å². The van der Waals surface area contributed by atoms with E-state index in [4.69, 9.17) is 0 Å². The lowest BCUT2D eigenvalue weighted by molar-refractivity contribution is -0.140. The second kappa shape index (κ2) is 15.2. The van der Waals surface area contributed by atoms with Crippen LogP contribution in [-0.4, -0.2) is 65.5 Å². The van der Waals surface area contributed by atoms with Gasteiger partial charge in [-0.25, -0.2) is 0 Å². The van der Waals surface area contributed by atoms with Crippen LogP contribution < -0.4 is 10.6 Å². The van der Waals surface area contributed by atoms with Gasteiger partial charge in [0.2, 0.25) is 23.6 Å². The molecular formula is C25H39N3O7. The van der Waals surface area contributed by atoms with E-state index in [0.29, 0.717) is 6.42 Å². The van der Waals surface area contributed by atoms with E-state index < -0.39 is 5.91 Å². The van der Waals surface area contributed by atoms with Crippen molar-refractivity contribution in [3.05, 3.63) is 0 Å². The quantitative estimate of drug-likeness (QED) is 0.291. The maximum absolute atomic E-state index is 12.3. The van der Waals surface area contributed by atoms with Gasteiger partial charge in [-0.1, -0.05) is 27.7 Å². The molecule has 1 saturated heterocycles. The van der Waals surface area contributed by atoms with Crippen LogP contribution in [0.5, 0.6) is 0 Å². The molecule has 0 aliphatic carbocycles. The molecule has 0 aromatic heterocycles. The van der Waals surface area contributed by atoms with Crippen molar-refractivity contribution in [3.63, 3.8) is 0 Å². The summed E-state index contributed by atoms with van der Waals surface area (Å²) in [5.74, 6) is -1.85. The van der Waals surface area contributed by atoms with E-state index in [-0.39, 0.29) is 117 Å². The van der Waals surface area contributed by atoms with Gasteiger partial charge in [0.15, 0.2) is 5.78 Å². The van der Waals surface area contributed by atoms with Gasteiger partial charge in [0.1, 0.15) is 11.6 Å². The maximum Gasteiger partial charge on any atom is 0.233 e. The Balaban J connectivity index is 2.15. The number of hydrogen-bond donors (Lipinski definition) is 2. The van der Waals surface area contributed by atoms with E-state index in [9.17, 15) is 33.6 Å². The van der Waals surface area contributed by atoms with Gasteiger partial charge in [0.25, 0.3) is 0 Å². The molecule has 1 fully saturated rings. The van der Waals surface area contributed by atoms with Crippen LogP contribution in [0.4, 0.5) is 0 Å². The zero-order valence-electron chi connectivity index (χ0n) is 21.3. The first-order valence-corrected chi connectivity index (χ1v) is 12.4. The van der Waals surface area contributed by atoms with Gasteiger partial charge >= 0.3 is 0 Å². The molecule has 0 aromatic carbocycles. The highest BCUT2D eigenvalue weighted by Gasteiger charge is 2.39. The number of rotatable bonds is 17. The lowest BCUT2D eigenvalue weighted by Crippen LogP contribution is -2.33. The largest absolute Gasteiger partial charge is 0.356 e. The Hall–Kier alpha value is -2.91. The fourth-order valence-electron chi connectivity index (χ4n) is 3.61. The summed E-state index contributed by atoms with van der Waals surface area (Å²) < 4.78 is 0. The molecule has 0 bridgehead atoms. The van der Waals surface area contributed by atoms with E-state index >= 15 is 0 Å². The Morgan fingerprint density at radius 1 is 0.829 bits per heavy atom. The highest BCUT2D eigenvalue weighted by Crippen LogP contribution is 2.26. The van der Waals surface area contributed by atoms with Gasteiger partial charge in [-0.3, -0.25) is 38.5 Å². The molecule has 10 heteroatoms. The molecule has 2 N–H and O–H groups in total. The fourth-order valence-corrected chi connectivity index (χ4v) is 3.61. The standard InChI is InChI=1S/C25H39N3O7/c1-16(2)20-14-24(34)28(25(20)35)13-5-6-18(29)7-9-23(33)27-15-19(30)8-10-22(32)26-12-11-21(31)17(3)4/h16-17,20H,5-15H2,1-4H3,(H,26,32)(H,27,33). The second-order valence-electron chi connectivity index (χ2n) is 9.62. The molecule has 35 heavy (non-hydrogen) atoms. The van der Waals surface area contributed by atoms with E-state index in [1.165, 1.54) is 4.90 Å². The minimum atomic E-state index is -0.437. The number of Topliss-reactive ketones (excluding diaryl/α,β-unsaturated/α-hetero) is 3. The number of amides is 4. The summed E-state index contributed by atoms with van der Waals surface area (Å²) in [6, 6.07) is 0. The fraction of sp³-hybridized carbons (Fsp3) is 0.720. The van der Waals surface area contributed by atoms with Crippen molar-refractivity contribution >= 4 is 41.0 Å². The molecule has 1 atom stereocenters. The first kappa shape index (κ1) is 30.1. The molecule has 1 unspecified atom stereocenters. The molecule has 1 rings (SSSR count). The highest BCUT2D eigenvalue weighted by molar-refractivity contribution is 6.03. The van der Waals surface area contributed by atoms with E-state index in [2.05, 4.69) is 10.6 Å². The van der Waals surface area contributed by atoms with Gasteiger partial charge < -0.3 is 10.6 Å². The highest BCUT2D eigenvalue weighted by atomic mass is 16.2. The SMILES string of the molecule is CC(C)C(=O)CCNC(=O)CCC(=O)CNC(=O)CCC(=O)CCCN1C(=O)CC(C(C)C)C1=O. The Kier molecular flexibility index (Phi) is 13.0. The molecule has 1 heterocycles. The van der Waals surface area contributed by atoms with Crippen LogP contribution in [0, 0.1) is 17.8 Å². The van der Waals surface area contributed by atoms with Gasteiger partial charge in [-0.15, -0.1) is 0 Å². The minimum absolute atomic E-state index is 0.00798. The predicted molar refractivity (Wildman–Crippen MR) is 128 cm³/mol. The van der Waals surface area contributed by atoms with Crippen LogP contribution in [0.25, 0.3) is 0 Å². The molecule has 0 saturated carbocycles. The number of hydrogen-bond acceptors (Lipinski definition) is 7. The zero-order valence-corrected chi connectivity index (χ0v) is 21.3. The third-order valence-corrected chi connectivity index (χ3v) is 6.00. The van der Waals surface area contributed by atoms with Crippen molar-refractivity contribution in [2.75, 3.05) is 19.6 Å². The first-order chi connectivity index (χ1) is 16.4. The lowest BCUT2D eigenvalue weighted by atomic mass is 9.94. The van der Waals surface area contributed by atoms with Gasteiger partial charge in [0, 0.05) is 69.9 Å². The predicted octanol–water partition coefficient (Wildman–Crippen LogP) is 1.34. The van der Waals surface area contributed by atoms with Gasteiger partial charge in [0.05, 0.1) is 6.54 Å². The van der Waals surface area contributed by atoms with Gasteiger partial charge in [-0.05, 0) is 12.3 Å². The molecule has 0 aromatic rings. The summed E-state index contributed by atoms with van der Waals surface area (Å²) >= 11 is 0. The Bertz CT molecular complexity index is 820. The number of nitrogens with zero attached hydrogens (tertiary/aromatic N) is 1. The summed E-state index contributed by atoms with van der Waals surface area (Å²) in [6.45, 7) is 7.60. The van der Waals surface area contributed by atoms with Crippen molar-refractivity contribution in [1.82, 2.24) is 15.5 Å². The summed E-state index contributed by atoms with van der Waals surface area (Å²) in [5, 5.41) is 5.04. The van der Waals surface area contributed by atoms with Crippen molar-refractivity contribution in [2.24, 2.45) is 17.8 Å². The van der Waals surface area contributed by atoms with Crippen molar-refractivity contribution in [1.29, 1.82) is 0 Å². The Labute approximate surface area is 206 Å². The molecular weight excluding hydrogens is 454 g/mol. The van der Waals surface area contributed by atoms with Crippen LogP contribution in [0.2, 0.25) is 0 Å². The van der Waals surface area contributed by atoms with E-state index in [1.807, 2.05) is 13.8 Å². The average molecular weight is 494 g/mol. The minimum Gasteiger partial charge on any atom is -0.356 e. The Morgan fingerprint density at radius 3 is 2.00 bits per heavy atom. The normalized spacial score (nSPS) is 15.6. The maximum atomic E-state index is 12.3. The van der Waals surface area contributed by atoms with Gasteiger partial charge in [-0.2, -0.15) is 0 Å². The number of imide groups is 1. The average Bonchev–Trinajstić information content (AvgIpc) is 3.08. The third kappa shape index (κ3) is 11.4. The number of carbonyl (C=O) groups is 7. The van der Waals surface area contributed by atoms with Crippen LogP contribution >= 0.6 is 0 Å². The Morgan fingerprint density at radius 2 is 1.43 bits per heavy atom. The number of ketones is 3. The number of carbonyl (C=O) groups excluding carboxylic acids is 7. The number of likely N-dealkylation sites (tertiary alicyclic amines) is 1. The smallest absolute Gasteiger partial charge is 0.233 e. The van der Waals surface area contributed by atoms with Crippen LogP contribution in [0.1, 0.15) is 79.1 Å². The second-order valence-corrected chi connectivity index (χ2v) is 9.62. The molecule has 0 radical (unpaired) electrons. The molecule has 10 nitrogen and oxygen atoms in total. The van der Waals surface area contributed by atoms with Crippen molar-refractivity contribution < 1.29 is 33.6 Å². The molecule has 0 spiro atoms. The summed E-state index contributed by atoms with van der Waals surface area (Å²) in [6.07, 6.45) is 0.869. The molecule has 1 aliphatic rings. The monoisotopic (exact) mass is 493 g/mol. The summed E-state index contributed by atoms with van der Waals surface area (Å²) in [4.78, 5) is 84.5. The molecule has 1 aliphatic heterocycles. The molecule has 196 valence electrons. The third-order valence-electron chi connectivity index (χ3n) is 6.00. The summed E-state index contributed by atoms with van der Waals surface area (Å²) in [7, 11) is 0. The zero-order chi connectivity index (χ0) is 26.5.